The van der Waals surface area contributed by atoms with Crippen molar-refractivity contribution in [3.05, 3.63) is 35.8 Å². The lowest BCUT2D eigenvalue weighted by atomic mass is 10.2. The molecule has 2 N–H and O–H groups in total. The van der Waals surface area contributed by atoms with Gasteiger partial charge in [0, 0.05) is 10.9 Å². The lowest BCUT2D eigenvalue weighted by molar-refractivity contribution is 0.640. The van der Waals surface area contributed by atoms with E-state index in [1.54, 1.807) is 25.1 Å². The second-order valence-electron chi connectivity index (χ2n) is 3.01. The third-order valence-electron chi connectivity index (χ3n) is 2.01. The largest absolute Gasteiger partial charge is 0.353 e. The van der Waals surface area contributed by atoms with Gasteiger partial charge in [-0.2, -0.15) is 0 Å². The van der Waals surface area contributed by atoms with Gasteiger partial charge in [-0.1, -0.05) is 6.07 Å². The highest BCUT2D eigenvalue weighted by molar-refractivity contribution is 5.99. The van der Waals surface area contributed by atoms with Gasteiger partial charge in [-0.3, -0.25) is 0 Å². The predicted octanol–water partition coefficient (Wildman–Crippen LogP) is 2.69. The van der Waals surface area contributed by atoms with E-state index < -0.39 is 0 Å². The monoisotopic (exact) mass is 176 g/mol. The van der Waals surface area contributed by atoms with Crippen molar-refractivity contribution in [2.75, 3.05) is 0 Å². The van der Waals surface area contributed by atoms with E-state index in [0.29, 0.717) is 16.8 Å². The molecule has 66 valence electrons. The Balaban J connectivity index is 2.75. The highest BCUT2D eigenvalue weighted by Crippen LogP contribution is 2.18. The average Bonchev–Trinajstić information content (AvgIpc) is 2.49. The van der Waals surface area contributed by atoms with Crippen LogP contribution in [0, 0.1) is 11.2 Å². The van der Waals surface area contributed by atoms with Crippen molar-refractivity contribution < 1.29 is 4.39 Å². The van der Waals surface area contributed by atoms with Crippen molar-refractivity contribution in [3.63, 3.8) is 0 Å². The summed E-state index contributed by atoms with van der Waals surface area (Å²) in [5.41, 5.74) is 1.82. The van der Waals surface area contributed by atoms with E-state index in [1.807, 2.05) is 0 Å². The first-order chi connectivity index (χ1) is 6.18. The molecule has 2 rings (SSSR count). The molecule has 0 unspecified atom stereocenters. The van der Waals surface area contributed by atoms with Gasteiger partial charge in [0.1, 0.15) is 5.82 Å². The van der Waals surface area contributed by atoms with E-state index in [9.17, 15) is 4.39 Å². The van der Waals surface area contributed by atoms with Crippen LogP contribution in [0.4, 0.5) is 4.39 Å². The Morgan fingerprint density at radius 2 is 2.23 bits per heavy atom. The van der Waals surface area contributed by atoms with Crippen LogP contribution < -0.4 is 0 Å². The molecule has 0 aliphatic rings. The summed E-state index contributed by atoms with van der Waals surface area (Å²) in [4.78, 5) is 2.97. The van der Waals surface area contributed by atoms with Gasteiger partial charge in [-0.15, -0.1) is 0 Å². The highest BCUT2D eigenvalue weighted by Gasteiger charge is 2.05. The van der Waals surface area contributed by atoms with E-state index in [4.69, 9.17) is 5.41 Å². The third-order valence-corrected chi connectivity index (χ3v) is 2.01. The molecule has 2 nitrogen and oxygen atoms in total. The summed E-state index contributed by atoms with van der Waals surface area (Å²) in [6.07, 6.45) is 0. The van der Waals surface area contributed by atoms with Crippen molar-refractivity contribution in [2.24, 2.45) is 0 Å². The van der Waals surface area contributed by atoms with Crippen LogP contribution in [0.5, 0.6) is 0 Å². The van der Waals surface area contributed by atoms with Gasteiger partial charge >= 0.3 is 0 Å². The lowest BCUT2D eigenvalue weighted by Crippen LogP contribution is -1.89. The summed E-state index contributed by atoms with van der Waals surface area (Å²) in [5, 5.41) is 7.93. The molecule has 0 saturated heterocycles. The zero-order valence-corrected chi connectivity index (χ0v) is 7.19. The van der Waals surface area contributed by atoms with E-state index in [-0.39, 0.29) is 5.82 Å². The first-order valence-electron chi connectivity index (χ1n) is 4.01. The molecule has 0 aliphatic heterocycles. The lowest BCUT2D eigenvalue weighted by Gasteiger charge is -1.89. The molecule has 0 bridgehead atoms. The fourth-order valence-corrected chi connectivity index (χ4v) is 1.32. The second-order valence-corrected chi connectivity index (χ2v) is 3.01. The van der Waals surface area contributed by atoms with Crippen LogP contribution in [0.15, 0.2) is 24.3 Å². The minimum Gasteiger partial charge on any atom is -0.353 e. The van der Waals surface area contributed by atoms with Crippen LogP contribution in [-0.4, -0.2) is 10.7 Å². The van der Waals surface area contributed by atoms with E-state index in [1.165, 1.54) is 6.07 Å². The summed E-state index contributed by atoms with van der Waals surface area (Å²) >= 11 is 0. The summed E-state index contributed by atoms with van der Waals surface area (Å²) in [6, 6.07) is 6.52. The first-order valence-corrected chi connectivity index (χ1v) is 4.01. The maximum absolute atomic E-state index is 13.2. The minimum atomic E-state index is -0.249. The van der Waals surface area contributed by atoms with E-state index in [0.717, 1.165) is 5.52 Å². The molecule has 13 heavy (non-hydrogen) atoms. The molecule has 1 heterocycles. The van der Waals surface area contributed by atoms with Gasteiger partial charge in [0.25, 0.3) is 0 Å². The normalized spacial score (nSPS) is 10.6. The predicted molar refractivity (Wildman–Crippen MR) is 50.8 cm³/mol. The van der Waals surface area contributed by atoms with Gasteiger partial charge in [0.15, 0.2) is 0 Å². The van der Waals surface area contributed by atoms with Crippen LogP contribution in [0.25, 0.3) is 10.9 Å². The Morgan fingerprint density at radius 3 is 2.85 bits per heavy atom. The molecule has 0 spiro atoms. The number of hydrogen-bond acceptors (Lipinski definition) is 1. The minimum absolute atomic E-state index is 0.249. The summed E-state index contributed by atoms with van der Waals surface area (Å²) in [7, 11) is 0. The van der Waals surface area contributed by atoms with Crippen molar-refractivity contribution in [2.45, 2.75) is 6.92 Å². The molecule has 0 amide bonds. The van der Waals surface area contributed by atoms with Crippen LogP contribution in [-0.2, 0) is 0 Å². The third kappa shape index (κ3) is 1.22. The van der Waals surface area contributed by atoms with Crippen LogP contribution in [0.2, 0.25) is 0 Å². The summed E-state index contributed by atoms with van der Waals surface area (Å²) < 4.78 is 13.2. The highest BCUT2D eigenvalue weighted by atomic mass is 19.1. The SMILES string of the molecule is CC(=N)c1cc2c(F)cccc2[nH]1. The first kappa shape index (κ1) is 7.98. The van der Waals surface area contributed by atoms with E-state index in [2.05, 4.69) is 4.98 Å². The molecule has 0 saturated carbocycles. The van der Waals surface area contributed by atoms with Gasteiger partial charge in [-0.25, -0.2) is 4.39 Å². The fourth-order valence-electron chi connectivity index (χ4n) is 1.32. The Labute approximate surface area is 74.9 Å². The molecule has 0 aliphatic carbocycles. The maximum atomic E-state index is 13.2. The molecule has 1 aromatic carbocycles. The van der Waals surface area contributed by atoms with Gasteiger partial charge in [0.05, 0.1) is 11.4 Å². The van der Waals surface area contributed by atoms with Crippen molar-refractivity contribution in [3.8, 4) is 0 Å². The number of halogens is 1. The smallest absolute Gasteiger partial charge is 0.132 e. The number of nitrogens with one attached hydrogen (secondary N) is 2. The number of H-pyrrole nitrogens is 1. The van der Waals surface area contributed by atoms with Crippen molar-refractivity contribution in [1.82, 2.24) is 4.98 Å². The Morgan fingerprint density at radius 1 is 1.46 bits per heavy atom. The molecule has 3 heteroatoms. The van der Waals surface area contributed by atoms with Crippen LogP contribution in [0.1, 0.15) is 12.6 Å². The number of benzene rings is 1. The zero-order chi connectivity index (χ0) is 9.42. The second kappa shape index (κ2) is 2.69. The summed E-state index contributed by atoms with van der Waals surface area (Å²) in [5.74, 6) is -0.249. The number of aromatic nitrogens is 1. The fraction of sp³-hybridized carbons (Fsp3) is 0.100. The van der Waals surface area contributed by atoms with Gasteiger partial charge in [-0.05, 0) is 25.1 Å². The number of hydrogen-bond donors (Lipinski definition) is 2. The van der Waals surface area contributed by atoms with E-state index >= 15 is 0 Å². The average molecular weight is 176 g/mol. The topological polar surface area (TPSA) is 39.6 Å². The molecule has 0 fully saturated rings. The molecular weight excluding hydrogens is 167 g/mol. The Kier molecular flexibility index (Phi) is 1.65. The molecule has 1 aromatic heterocycles. The maximum Gasteiger partial charge on any atom is 0.132 e. The van der Waals surface area contributed by atoms with Crippen LogP contribution >= 0.6 is 0 Å². The Hall–Kier alpha value is -1.64. The number of rotatable bonds is 1. The van der Waals surface area contributed by atoms with Crippen molar-refractivity contribution >= 4 is 16.6 Å². The molecule has 2 aromatic rings. The molecule has 0 radical (unpaired) electrons. The van der Waals surface area contributed by atoms with Crippen LogP contribution in [0.3, 0.4) is 0 Å². The molecule has 0 atom stereocenters. The quantitative estimate of drug-likeness (QED) is 0.627. The van der Waals surface area contributed by atoms with Gasteiger partial charge in [0.2, 0.25) is 0 Å². The zero-order valence-electron chi connectivity index (χ0n) is 7.19. The number of aromatic amines is 1. The summed E-state index contributed by atoms with van der Waals surface area (Å²) in [6.45, 7) is 1.67. The van der Waals surface area contributed by atoms with Gasteiger partial charge < -0.3 is 10.4 Å². The van der Waals surface area contributed by atoms with Crippen molar-refractivity contribution in [1.29, 1.82) is 5.41 Å². The molecular formula is C10H9FN2. The number of fused-ring (bicyclic) bond motifs is 1. The Bertz CT molecular complexity index is 471. The standard InChI is InChI=1S/C10H9FN2/c1-6(12)10-5-7-8(11)3-2-4-9(7)13-10/h2-5,12-13H,1H3.